The molecular weight excluding hydrogens is 332 g/mol. The van der Waals surface area contributed by atoms with E-state index in [9.17, 15) is 4.79 Å². The summed E-state index contributed by atoms with van der Waals surface area (Å²) in [6.07, 6.45) is 0. The number of nitrogens with one attached hydrogen (secondary N) is 2. The first kappa shape index (κ1) is 15.5. The molecule has 2 rings (SSSR count). The highest BCUT2D eigenvalue weighted by atomic mass is 79.9. The normalized spacial score (nSPS) is 11.8. The first-order valence-electron chi connectivity index (χ1n) is 6.52. The maximum Gasteiger partial charge on any atom is 0.324 e. The Morgan fingerprint density at radius 1 is 1.19 bits per heavy atom. The topological polar surface area (TPSA) is 80.0 Å². The molecule has 1 atom stereocenters. The van der Waals surface area contributed by atoms with Crippen LogP contribution in [0.5, 0.6) is 0 Å². The van der Waals surface area contributed by atoms with E-state index in [4.69, 9.17) is 5.73 Å². The van der Waals surface area contributed by atoms with E-state index in [1.54, 1.807) is 6.07 Å². The molecule has 0 fully saturated rings. The molecule has 0 saturated carbocycles. The number of aryl methyl sites for hydroxylation is 1. The number of halogens is 1. The van der Waals surface area contributed by atoms with Crippen molar-refractivity contribution in [3.8, 4) is 0 Å². The summed E-state index contributed by atoms with van der Waals surface area (Å²) in [4.78, 5) is 16.2. The molecule has 2 aromatic rings. The summed E-state index contributed by atoms with van der Waals surface area (Å²) in [5, 5.41) is 5.44. The molecule has 1 aromatic carbocycles. The number of hydrogen-bond donors (Lipinski definition) is 3. The number of anilines is 2. The number of carbonyl (C=O) groups is 1. The summed E-state index contributed by atoms with van der Waals surface area (Å²) in [5.41, 5.74) is 8.32. The Bertz CT molecular complexity index is 641. The Kier molecular flexibility index (Phi) is 4.93. The second kappa shape index (κ2) is 6.69. The predicted molar refractivity (Wildman–Crippen MR) is 88.4 cm³/mol. The van der Waals surface area contributed by atoms with E-state index in [2.05, 4.69) is 31.5 Å². The fourth-order valence-corrected chi connectivity index (χ4v) is 1.98. The summed E-state index contributed by atoms with van der Waals surface area (Å²) in [6.45, 7) is 3.77. The van der Waals surface area contributed by atoms with Crippen molar-refractivity contribution in [2.45, 2.75) is 19.9 Å². The molecule has 0 aliphatic rings. The lowest BCUT2D eigenvalue weighted by atomic mass is 10.1. The first-order chi connectivity index (χ1) is 9.95. The standard InChI is InChI=1S/C15H17BrN4O/c1-9(17)11-3-5-12(6-4-11)19-15(21)20-14-8-7-13(16)10(2)18-14/h3-9H,17H2,1-2H3,(H2,18,19,20,21). The van der Waals surface area contributed by atoms with Crippen LogP contribution in [0.1, 0.15) is 24.2 Å². The van der Waals surface area contributed by atoms with Gasteiger partial charge < -0.3 is 11.1 Å². The minimum atomic E-state index is -0.335. The third-order valence-corrected chi connectivity index (χ3v) is 3.80. The number of urea groups is 1. The first-order valence-corrected chi connectivity index (χ1v) is 7.31. The smallest absolute Gasteiger partial charge is 0.324 e. The Labute approximate surface area is 132 Å². The summed E-state index contributed by atoms with van der Waals surface area (Å²) >= 11 is 3.37. The predicted octanol–water partition coefficient (Wildman–Crippen LogP) is 3.82. The van der Waals surface area contributed by atoms with Crippen molar-refractivity contribution in [2.24, 2.45) is 5.73 Å². The zero-order chi connectivity index (χ0) is 15.4. The van der Waals surface area contributed by atoms with Crippen molar-refractivity contribution in [2.75, 3.05) is 10.6 Å². The summed E-state index contributed by atoms with van der Waals surface area (Å²) in [5.74, 6) is 0.500. The summed E-state index contributed by atoms with van der Waals surface area (Å²) in [7, 11) is 0. The van der Waals surface area contributed by atoms with E-state index < -0.39 is 0 Å². The summed E-state index contributed by atoms with van der Waals surface area (Å²) in [6, 6.07) is 10.6. The number of amides is 2. The fourth-order valence-electron chi connectivity index (χ4n) is 1.76. The number of carbonyl (C=O) groups excluding carboxylic acids is 1. The Hall–Kier alpha value is -1.92. The molecule has 21 heavy (non-hydrogen) atoms. The largest absolute Gasteiger partial charge is 0.324 e. The van der Waals surface area contributed by atoms with Crippen molar-refractivity contribution in [1.82, 2.24) is 4.98 Å². The van der Waals surface area contributed by atoms with Gasteiger partial charge in [0.25, 0.3) is 0 Å². The number of rotatable bonds is 3. The van der Waals surface area contributed by atoms with Gasteiger partial charge in [-0.25, -0.2) is 9.78 Å². The number of pyridine rings is 1. The molecule has 0 aliphatic carbocycles. The van der Waals surface area contributed by atoms with Gasteiger partial charge in [-0.05, 0) is 59.6 Å². The molecule has 1 unspecified atom stereocenters. The number of nitrogens with two attached hydrogens (primary N) is 1. The van der Waals surface area contributed by atoms with Gasteiger partial charge in [0, 0.05) is 16.2 Å². The molecule has 110 valence electrons. The monoisotopic (exact) mass is 348 g/mol. The third-order valence-electron chi connectivity index (χ3n) is 2.96. The van der Waals surface area contributed by atoms with Gasteiger partial charge in [0.05, 0.1) is 5.69 Å². The Morgan fingerprint density at radius 3 is 2.43 bits per heavy atom. The third kappa shape index (κ3) is 4.27. The van der Waals surface area contributed by atoms with E-state index >= 15 is 0 Å². The number of benzene rings is 1. The molecule has 2 amide bonds. The number of nitrogens with zero attached hydrogens (tertiary/aromatic N) is 1. The van der Waals surface area contributed by atoms with Gasteiger partial charge in [-0.2, -0.15) is 0 Å². The van der Waals surface area contributed by atoms with Crippen LogP contribution in [0.15, 0.2) is 40.9 Å². The lowest BCUT2D eigenvalue weighted by molar-refractivity contribution is 0.262. The molecular formula is C15H17BrN4O. The van der Waals surface area contributed by atoms with Crippen molar-refractivity contribution in [3.05, 3.63) is 52.1 Å². The van der Waals surface area contributed by atoms with Crippen LogP contribution in [0.2, 0.25) is 0 Å². The maximum absolute atomic E-state index is 11.9. The highest BCUT2D eigenvalue weighted by Crippen LogP contribution is 2.17. The lowest BCUT2D eigenvalue weighted by Gasteiger charge is -2.10. The zero-order valence-corrected chi connectivity index (χ0v) is 13.4. The highest BCUT2D eigenvalue weighted by Gasteiger charge is 2.06. The minimum Gasteiger partial charge on any atom is -0.324 e. The average molecular weight is 349 g/mol. The summed E-state index contributed by atoms with van der Waals surface area (Å²) < 4.78 is 0.903. The highest BCUT2D eigenvalue weighted by molar-refractivity contribution is 9.10. The van der Waals surface area contributed by atoms with Crippen molar-refractivity contribution in [3.63, 3.8) is 0 Å². The zero-order valence-electron chi connectivity index (χ0n) is 11.9. The van der Waals surface area contributed by atoms with Crippen molar-refractivity contribution in [1.29, 1.82) is 0 Å². The Balaban J connectivity index is 1.99. The molecule has 0 saturated heterocycles. The van der Waals surface area contributed by atoms with Gasteiger partial charge in [0.15, 0.2) is 0 Å². The molecule has 1 heterocycles. The lowest BCUT2D eigenvalue weighted by Crippen LogP contribution is -2.20. The van der Waals surface area contributed by atoms with E-state index in [0.29, 0.717) is 11.5 Å². The van der Waals surface area contributed by atoms with Crippen LogP contribution in [-0.4, -0.2) is 11.0 Å². The van der Waals surface area contributed by atoms with Crippen LogP contribution in [-0.2, 0) is 0 Å². The van der Waals surface area contributed by atoms with Crippen LogP contribution in [0.4, 0.5) is 16.3 Å². The number of hydrogen-bond acceptors (Lipinski definition) is 3. The van der Waals surface area contributed by atoms with Crippen molar-refractivity contribution >= 4 is 33.5 Å². The SMILES string of the molecule is Cc1nc(NC(=O)Nc2ccc(C(C)N)cc2)ccc1Br. The molecule has 5 nitrogen and oxygen atoms in total. The van der Waals surface area contributed by atoms with Gasteiger partial charge in [-0.1, -0.05) is 12.1 Å². The number of aromatic nitrogens is 1. The van der Waals surface area contributed by atoms with Gasteiger partial charge >= 0.3 is 6.03 Å². The molecule has 1 aromatic heterocycles. The van der Waals surface area contributed by atoms with Crippen LogP contribution < -0.4 is 16.4 Å². The van der Waals surface area contributed by atoms with Gasteiger partial charge in [-0.15, -0.1) is 0 Å². The maximum atomic E-state index is 11.9. The molecule has 0 spiro atoms. The molecule has 6 heteroatoms. The minimum absolute atomic E-state index is 0.0252. The van der Waals surface area contributed by atoms with E-state index in [1.165, 1.54) is 0 Å². The quantitative estimate of drug-likeness (QED) is 0.788. The van der Waals surface area contributed by atoms with E-state index in [-0.39, 0.29) is 12.1 Å². The van der Waals surface area contributed by atoms with Crippen LogP contribution in [0.3, 0.4) is 0 Å². The molecule has 0 aliphatic heterocycles. The second-order valence-corrected chi connectivity index (χ2v) is 5.61. The van der Waals surface area contributed by atoms with E-state index in [0.717, 1.165) is 15.7 Å². The molecule has 4 N–H and O–H groups in total. The molecule has 0 radical (unpaired) electrons. The van der Waals surface area contributed by atoms with Gasteiger partial charge in [0.1, 0.15) is 5.82 Å². The van der Waals surface area contributed by atoms with Crippen LogP contribution in [0, 0.1) is 6.92 Å². The second-order valence-electron chi connectivity index (χ2n) is 4.75. The molecule has 0 bridgehead atoms. The van der Waals surface area contributed by atoms with Crippen molar-refractivity contribution < 1.29 is 4.79 Å². The fraction of sp³-hybridized carbons (Fsp3) is 0.200. The van der Waals surface area contributed by atoms with Gasteiger partial charge in [0.2, 0.25) is 0 Å². The van der Waals surface area contributed by atoms with Gasteiger partial charge in [-0.3, -0.25) is 5.32 Å². The van der Waals surface area contributed by atoms with Crippen LogP contribution >= 0.6 is 15.9 Å². The Morgan fingerprint density at radius 2 is 1.86 bits per heavy atom. The van der Waals surface area contributed by atoms with Crippen LogP contribution in [0.25, 0.3) is 0 Å². The average Bonchev–Trinajstić information content (AvgIpc) is 2.43. The van der Waals surface area contributed by atoms with E-state index in [1.807, 2.05) is 44.2 Å².